The first-order valence-electron chi connectivity index (χ1n) is 3.17. The van der Waals surface area contributed by atoms with Gasteiger partial charge < -0.3 is 0 Å². The molecule has 0 amide bonds. The van der Waals surface area contributed by atoms with E-state index in [1.807, 2.05) is 0 Å². The predicted molar refractivity (Wildman–Crippen MR) is 41.7 cm³/mol. The van der Waals surface area contributed by atoms with Gasteiger partial charge in [0.2, 0.25) is 0 Å². The Morgan fingerprint density at radius 3 is 2.75 bits per heavy atom. The van der Waals surface area contributed by atoms with E-state index < -0.39 is 10.1 Å². The van der Waals surface area contributed by atoms with Crippen LogP contribution >= 0.6 is 0 Å². The van der Waals surface area contributed by atoms with E-state index >= 15 is 0 Å². The molecule has 1 aromatic rings. The topological polar surface area (TPSA) is 69.2 Å². The fourth-order valence-electron chi connectivity index (χ4n) is 0.645. The summed E-state index contributed by atoms with van der Waals surface area (Å²) in [7, 11) is -2.36. The van der Waals surface area contributed by atoms with Crippen LogP contribution in [0.5, 0.6) is 0 Å². The van der Waals surface area contributed by atoms with Crippen molar-refractivity contribution in [2.24, 2.45) is 0 Å². The summed E-state index contributed by atoms with van der Waals surface area (Å²) in [4.78, 5) is 7.51. The van der Waals surface area contributed by atoms with Gasteiger partial charge >= 0.3 is 0 Å². The zero-order valence-electron chi connectivity index (χ0n) is 6.47. The third-order valence-electron chi connectivity index (χ3n) is 1.20. The van der Waals surface area contributed by atoms with E-state index in [1.165, 1.54) is 18.6 Å². The van der Waals surface area contributed by atoms with Crippen LogP contribution in [0.25, 0.3) is 0 Å². The molecule has 1 aromatic heterocycles. The van der Waals surface area contributed by atoms with Crippen molar-refractivity contribution in [1.82, 2.24) is 9.97 Å². The van der Waals surface area contributed by atoms with E-state index in [0.717, 1.165) is 7.11 Å². The third kappa shape index (κ3) is 2.55. The molecule has 5 nitrogen and oxygen atoms in total. The molecule has 12 heavy (non-hydrogen) atoms. The molecule has 0 saturated carbocycles. The van der Waals surface area contributed by atoms with Gasteiger partial charge in [0.1, 0.15) is 5.75 Å². The average Bonchev–Trinajstić information content (AvgIpc) is 2.06. The Balaban J connectivity index is 2.78. The molecule has 0 bridgehead atoms. The largest absolute Gasteiger partial charge is 0.273 e. The minimum Gasteiger partial charge on any atom is -0.273 e. The molecule has 0 saturated heterocycles. The molecule has 0 unspecified atom stereocenters. The highest BCUT2D eigenvalue weighted by atomic mass is 32.2. The molecule has 0 atom stereocenters. The van der Waals surface area contributed by atoms with Crippen molar-refractivity contribution in [3.8, 4) is 0 Å². The van der Waals surface area contributed by atoms with Crippen LogP contribution in [0.4, 0.5) is 0 Å². The summed E-state index contributed by atoms with van der Waals surface area (Å²) < 4.78 is 26.0. The predicted octanol–water partition coefficient (Wildman–Crippen LogP) is -0.0472. The van der Waals surface area contributed by atoms with Crippen LogP contribution in [0.15, 0.2) is 18.6 Å². The lowest BCUT2D eigenvalue weighted by Gasteiger charge is -1.98. The smallest absolute Gasteiger partial charge is 0.272 e. The van der Waals surface area contributed by atoms with E-state index in [-0.39, 0.29) is 5.75 Å². The van der Waals surface area contributed by atoms with Gasteiger partial charge in [0.15, 0.2) is 0 Å². The minimum atomic E-state index is -3.48. The monoisotopic (exact) mass is 188 g/mol. The van der Waals surface area contributed by atoms with Crippen LogP contribution in [0, 0.1) is 0 Å². The van der Waals surface area contributed by atoms with Gasteiger partial charge in [-0.25, -0.2) is 0 Å². The Hall–Kier alpha value is -1.01. The lowest BCUT2D eigenvalue weighted by atomic mass is 10.5. The van der Waals surface area contributed by atoms with Crippen molar-refractivity contribution in [2.45, 2.75) is 5.75 Å². The van der Waals surface area contributed by atoms with Gasteiger partial charge in [-0.15, -0.1) is 0 Å². The number of hydrogen-bond acceptors (Lipinski definition) is 5. The minimum absolute atomic E-state index is 0.239. The lowest BCUT2D eigenvalue weighted by molar-refractivity contribution is 0.396. The van der Waals surface area contributed by atoms with Crippen LogP contribution in [0.3, 0.4) is 0 Å². The van der Waals surface area contributed by atoms with Gasteiger partial charge in [-0.05, 0) is 0 Å². The summed E-state index contributed by atoms with van der Waals surface area (Å²) in [5.41, 5.74) is 0.374. The van der Waals surface area contributed by atoms with Gasteiger partial charge in [0.05, 0.1) is 12.8 Å². The first kappa shape index (κ1) is 9.08. The van der Waals surface area contributed by atoms with Crippen molar-refractivity contribution < 1.29 is 12.6 Å². The second-order valence-corrected chi connectivity index (χ2v) is 3.80. The van der Waals surface area contributed by atoms with E-state index in [9.17, 15) is 8.42 Å². The molecule has 0 aliphatic heterocycles. The Morgan fingerprint density at radius 1 is 1.50 bits per heavy atom. The molecular weight excluding hydrogens is 180 g/mol. The first-order chi connectivity index (χ1) is 5.64. The van der Waals surface area contributed by atoms with E-state index in [4.69, 9.17) is 0 Å². The number of aromatic nitrogens is 2. The van der Waals surface area contributed by atoms with E-state index in [2.05, 4.69) is 14.2 Å². The van der Waals surface area contributed by atoms with Crippen molar-refractivity contribution in [3.63, 3.8) is 0 Å². The average molecular weight is 188 g/mol. The summed E-state index contributed by atoms with van der Waals surface area (Å²) >= 11 is 0. The van der Waals surface area contributed by atoms with Crippen molar-refractivity contribution >= 4 is 10.1 Å². The summed E-state index contributed by atoms with van der Waals surface area (Å²) in [5.74, 6) is -0.239. The molecule has 0 spiro atoms. The SMILES string of the molecule is COS(=O)(=O)Cc1cnccn1. The van der Waals surface area contributed by atoms with E-state index in [0.29, 0.717) is 5.69 Å². The summed E-state index contributed by atoms with van der Waals surface area (Å²) in [6, 6.07) is 0. The second-order valence-electron chi connectivity index (χ2n) is 2.07. The molecule has 0 aliphatic carbocycles. The Labute approximate surface area is 70.5 Å². The fourth-order valence-corrected chi connectivity index (χ4v) is 1.27. The highest BCUT2D eigenvalue weighted by molar-refractivity contribution is 7.85. The van der Waals surface area contributed by atoms with Crippen LogP contribution < -0.4 is 0 Å². The highest BCUT2D eigenvalue weighted by Crippen LogP contribution is 2.00. The number of nitrogens with zero attached hydrogens (tertiary/aromatic N) is 2. The summed E-state index contributed by atoms with van der Waals surface area (Å²) in [6.07, 6.45) is 4.29. The Kier molecular flexibility index (Phi) is 2.72. The number of rotatable bonds is 3. The summed E-state index contributed by atoms with van der Waals surface area (Å²) in [5, 5.41) is 0. The molecule has 0 radical (unpaired) electrons. The molecule has 0 fully saturated rings. The maximum atomic E-state index is 10.9. The highest BCUT2D eigenvalue weighted by Gasteiger charge is 2.10. The van der Waals surface area contributed by atoms with Crippen LogP contribution in [0.1, 0.15) is 5.69 Å². The molecule has 6 heteroatoms. The van der Waals surface area contributed by atoms with Gasteiger partial charge in [0, 0.05) is 18.6 Å². The van der Waals surface area contributed by atoms with Crippen molar-refractivity contribution in [3.05, 3.63) is 24.3 Å². The quantitative estimate of drug-likeness (QED) is 0.622. The Morgan fingerprint density at radius 2 is 2.25 bits per heavy atom. The van der Waals surface area contributed by atoms with Crippen LogP contribution in [-0.2, 0) is 20.1 Å². The van der Waals surface area contributed by atoms with Gasteiger partial charge in [-0.1, -0.05) is 0 Å². The van der Waals surface area contributed by atoms with Gasteiger partial charge in [-0.2, -0.15) is 8.42 Å². The first-order valence-corrected chi connectivity index (χ1v) is 4.75. The maximum absolute atomic E-state index is 10.9. The zero-order chi connectivity index (χ0) is 9.03. The molecule has 1 heterocycles. The van der Waals surface area contributed by atoms with Crippen LogP contribution in [0.2, 0.25) is 0 Å². The maximum Gasteiger partial charge on any atom is 0.272 e. The molecule has 1 rings (SSSR count). The molecule has 0 aromatic carbocycles. The lowest BCUT2D eigenvalue weighted by Crippen LogP contribution is -2.07. The zero-order valence-corrected chi connectivity index (χ0v) is 7.28. The standard InChI is InChI=1S/C6H8N2O3S/c1-11-12(9,10)5-6-4-7-2-3-8-6/h2-4H,5H2,1H3. The van der Waals surface area contributed by atoms with Gasteiger partial charge in [0.25, 0.3) is 10.1 Å². The Bertz CT molecular complexity index is 335. The normalized spacial score (nSPS) is 11.4. The van der Waals surface area contributed by atoms with Crippen molar-refractivity contribution in [2.75, 3.05) is 7.11 Å². The fraction of sp³-hybridized carbons (Fsp3) is 0.333. The van der Waals surface area contributed by atoms with Crippen LogP contribution in [-0.4, -0.2) is 25.5 Å². The second kappa shape index (κ2) is 3.59. The van der Waals surface area contributed by atoms with Crippen molar-refractivity contribution in [1.29, 1.82) is 0 Å². The molecule has 66 valence electrons. The van der Waals surface area contributed by atoms with E-state index in [1.54, 1.807) is 0 Å². The summed E-state index contributed by atoms with van der Waals surface area (Å²) in [6.45, 7) is 0. The number of hydrogen-bond donors (Lipinski definition) is 0. The molecule has 0 N–H and O–H groups in total. The van der Waals surface area contributed by atoms with Gasteiger partial charge in [-0.3, -0.25) is 14.2 Å². The third-order valence-corrected chi connectivity index (χ3v) is 2.35. The molecule has 0 aliphatic rings. The molecular formula is C6H8N2O3S.